The van der Waals surface area contributed by atoms with Crippen molar-refractivity contribution >= 4 is 30.0 Å². The van der Waals surface area contributed by atoms with Crippen LogP contribution in [0.5, 0.6) is 28.7 Å². The Hall–Kier alpha value is -5.46. The maximum absolute atomic E-state index is 12.1. The molecular weight excluding hydrogens is 748 g/mol. The molecule has 2 aromatic rings. The van der Waals surface area contributed by atoms with Gasteiger partial charge < -0.3 is 89.3 Å². The number of ether oxygens (including phenoxy) is 7. The van der Waals surface area contributed by atoms with E-state index in [1.54, 1.807) is 0 Å². The lowest BCUT2D eigenvalue weighted by molar-refractivity contribution is -0.358. The molecule has 55 heavy (non-hydrogen) atoms. The summed E-state index contributed by atoms with van der Waals surface area (Å²) in [4.78, 5) is 45.7. The van der Waals surface area contributed by atoms with Crippen LogP contribution < -0.4 is 0 Å². The first-order valence-corrected chi connectivity index (χ1v) is 16.2. The van der Waals surface area contributed by atoms with Gasteiger partial charge in [-0.3, -0.25) is 19.2 Å². The Morgan fingerprint density at radius 3 is 1.87 bits per heavy atom. The van der Waals surface area contributed by atoms with Crippen molar-refractivity contribution in [3.63, 3.8) is 0 Å². The second-order valence-corrected chi connectivity index (χ2v) is 12.5. The highest BCUT2D eigenvalue weighted by Crippen LogP contribution is 2.46. The van der Waals surface area contributed by atoms with Gasteiger partial charge in [0.1, 0.15) is 91.9 Å². The van der Waals surface area contributed by atoms with Gasteiger partial charge in [-0.15, -0.1) is 0 Å². The van der Waals surface area contributed by atoms with E-state index in [-0.39, 0.29) is 28.4 Å². The number of fused-ring (bicyclic) bond motifs is 1. The standard InChI is InChI=1S/C33H36O22/c34-12-4-15(36)13-6-18(30(51-17(13)5-12)11-1-2-14(35)16(37)3-11)52-33-29(48)31(26(45)20(54-33)10-50-24(43)8-22(40)41)55-32-28(47)27(46)25(44)19(53-32)9-49-23(42)7-21(38)39/h1-6,19-20,25-37,44-48H,7-10H2,(H,38,39)(H,40,41)/p+1. The van der Waals surface area contributed by atoms with Crippen LogP contribution in [0.15, 0.2) is 36.1 Å². The maximum Gasteiger partial charge on any atom is 0.317 e. The van der Waals surface area contributed by atoms with Crippen LogP contribution in [0.2, 0.25) is 0 Å². The molecular formula is C33H37O22+. The fraction of sp³-hybridized carbons (Fsp3) is 0.455. The third-order valence-corrected chi connectivity index (χ3v) is 8.52. The number of phenolic OH excluding ortho intramolecular Hbond substituents is 4. The largest absolute Gasteiger partial charge is 0.571 e. The lowest BCUT2D eigenvalue weighted by atomic mass is 9.96. The molecule has 0 amide bonds. The number of carbonyl (C=O) groups is 4. The van der Waals surface area contributed by atoms with Crippen molar-refractivity contribution in [2.24, 2.45) is 0 Å². The minimum absolute atomic E-state index is 0.00528. The van der Waals surface area contributed by atoms with E-state index in [1.165, 1.54) is 18.2 Å². The Bertz CT molecular complexity index is 1790. The highest BCUT2D eigenvalue weighted by molar-refractivity contribution is 5.90. The number of phenols is 4. The summed E-state index contributed by atoms with van der Waals surface area (Å²) in [5.41, 5.74) is 0.166. The van der Waals surface area contributed by atoms with E-state index in [2.05, 4.69) is 4.74 Å². The summed E-state index contributed by atoms with van der Waals surface area (Å²) in [7, 11) is 0. The zero-order chi connectivity index (χ0) is 40.3. The summed E-state index contributed by atoms with van der Waals surface area (Å²) in [6.45, 7) is -1.72. The first-order valence-electron chi connectivity index (χ1n) is 16.2. The summed E-state index contributed by atoms with van der Waals surface area (Å²) in [6, 6.07) is 5.77. The molecule has 0 spiro atoms. The van der Waals surface area contributed by atoms with E-state index < -0.39 is 135 Å². The average molecular weight is 786 g/mol. The molecule has 5 rings (SSSR count). The van der Waals surface area contributed by atoms with E-state index in [4.69, 9.17) is 38.6 Å². The Morgan fingerprint density at radius 2 is 1.27 bits per heavy atom. The summed E-state index contributed by atoms with van der Waals surface area (Å²) >= 11 is 0. The smallest absolute Gasteiger partial charge is 0.317 e. The fourth-order valence-electron chi connectivity index (χ4n) is 5.79. The molecule has 300 valence electrons. The molecule has 11 unspecified atom stereocenters. The van der Waals surface area contributed by atoms with Crippen molar-refractivity contribution in [2.75, 3.05) is 13.2 Å². The van der Waals surface area contributed by atoms with Crippen LogP contribution in [0.4, 0.5) is 0 Å². The molecule has 2 aromatic carbocycles. The van der Waals surface area contributed by atoms with Crippen LogP contribution in [0, 0.1) is 0 Å². The molecule has 3 aliphatic heterocycles. The second-order valence-electron chi connectivity index (χ2n) is 12.5. The van der Waals surface area contributed by atoms with Gasteiger partial charge in [-0.2, -0.15) is 0 Å². The monoisotopic (exact) mass is 785 g/mol. The number of benzene rings is 2. The SMILES string of the molecule is O=C(O)CC(=O)OCC1OC(OC2C(O)C(COC(=O)CC(=O)O)OC(OC3=Cc4c(O)cc(O)cc4[OH+]C3c3ccc(O)c(O)c3)C2O)C(O)C(O)C1O. The minimum Gasteiger partial charge on any atom is -0.571 e. The molecule has 0 saturated carbocycles. The van der Waals surface area contributed by atoms with Gasteiger partial charge in [0, 0.05) is 12.1 Å². The summed E-state index contributed by atoms with van der Waals surface area (Å²) in [5, 5.41) is 113. The van der Waals surface area contributed by atoms with Crippen LogP contribution in [0.3, 0.4) is 0 Å². The molecule has 0 aromatic heterocycles. The molecule has 2 fully saturated rings. The molecule has 12 N–H and O–H groups in total. The van der Waals surface area contributed by atoms with Gasteiger partial charge in [0.25, 0.3) is 11.9 Å². The number of carbonyl (C=O) groups excluding carboxylic acids is 2. The maximum atomic E-state index is 12.1. The normalized spacial score (nSPS) is 30.2. The van der Waals surface area contributed by atoms with Gasteiger partial charge in [0.2, 0.25) is 6.29 Å². The first kappa shape index (κ1) is 40.7. The number of hydrogen-bond acceptors (Lipinski definition) is 19. The van der Waals surface area contributed by atoms with Gasteiger partial charge >= 0.3 is 23.9 Å². The van der Waals surface area contributed by atoms with Crippen molar-refractivity contribution < 1.29 is 109 Å². The fourth-order valence-corrected chi connectivity index (χ4v) is 5.79. The molecule has 2 saturated heterocycles. The van der Waals surface area contributed by atoms with Crippen molar-refractivity contribution in [3.05, 3.63) is 47.2 Å². The van der Waals surface area contributed by atoms with Crippen molar-refractivity contribution in [1.29, 1.82) is 0 Å². The summed E-state index contributed by atoms with van der Waals surface area (Å²) < 4.78 is 37.1. The lowest BCUT2D eigenvalue weighted by Gasteiger charge is -2.46. The number of rotatable bonds is 13. The van der Waals surface area contributed by atoms with Gasteiger partial charge in [-0.25, -0.2) is 0 Å². The summed E-state index contributed by atoms with van der Waals surface area (Å²) in [5.74, 6) is -7.66. The van der Waals surface area contributed by atoms with Crippen molar-refractivity contribution in [1.82, 2.24) is 0 Å². The van der Waals surface area contributed by atoms with Gasteiger partial charge in [0.15, 0.2) is 23.5 Å². The molecule has 0 radical (unpaired) electrons. The van der Waals surface area contributed by atoms with Crippen molar-refractivity contribution in [3.8, 4) is 28.7 Å². The zero-order valence-corrected chi connectivity index (χ0v) is 28.1. The van der Waals surface area contributed by atoms with Gasteiger partial charge in [-0.1, -0.05) is 0 Å². The molecule has 22 nitrogen and oxygen atoms in total. The molecule has 0 bridgehead atoms. The van der Waals surface area contributed by atoms with E-state index in [9.17, 15) is 65.1 Å². The number of aromatic hydroxyl groups is 5. The summed E-state index contributed by atoms with van der Waals surface area (Å²) in [6.07, 6.45) is -21.6. The number of carboxylic acid groups (broad SMARTS) is 2. The van der Waals surface area contributed by atoms with E-state index in [0.29, 0.717) is 0 Å². The number of carboxylic acids is 2. The number of esters is 2. The highest BCUT2D eigenvalue weighted by atomic mass is 16.7. The number of aliphatic hydroxyl groups excluding tert-OH is 5. The van der Waals surface area contributed by atoms with Crippen LogP contribution in [-0.2, 0) is 47.6 Å². The average Bonchev–Trinajstić information content (AvgIpc) is 3.10. The van der Waals surface area contributed by atoms with Gasteiger partial charge in [-0.05, 0) is 18.2 Å². The third-order valence-electron chi connectivity index (χ3n) is 8.52. The Kier molecular flexibility index (Phi) is 12.5. The minimum atomic E-state index is -2.10. The van der Waals surface area contributed by atoms with E-state index >= 15 is 0 Å². The van der Waals surface area contributed by atoms with Crippen molar-refractivity contribution in [2.45, 2.75) is 80.4 Å². The van der Waals surface area contributed by atoms with Crippen LogP contribution >= 0.6 is 0 Å². The van der Waals surface area contributed by atoms with Crippen LogP contribution in [0.1, 0.15) is 30.1 Å². The molecule has 22 heteroatoms. The lowest BCUT2D eigenvalue weighted by Crippen LogP contribution is -2.65. The predicted octanol–water partition coefficient (Wildman–Crippen LogP) is -2.46. The van der Waals surface area contributed by atoms with Gasteiger partial charge in [0.05, 0.1) is 11.6 Å². The number of aliphatic hydroxyl groups is 6. The van der Waals surface area contributed by atoms with Crippen LogP contribution in [-0.4, -0.2) is 159 Å². The Labute approximate surface area is 308 Å². The Balaban J connectivity index is 1.46. The molecule has 0 aliphatic carbocycles. The first-order chi connectivity index (χ1) is 25.9. The second kappa shape index (κ2) is 16.9. The zero-order valence-electron chi connectivity index (χ0n) is 28.1. The Morgan fingerprint density at radius 1 is 0.673 bits per heavy atom. The van der Waals surface area contributed by atoms with E-state index in [1.807, 2.05) is 0 Å². The third kappa shape index (κ3) is 9.44. The molecule has 3 aliphatic rings. The number of aliphatic carboxylic acids is 2. The predicted molar refractivity (Wildman–Crippen MR) is 172 cm³/mol. The highest BCUT2D eigenvalue weighted by Gasteiger charge is 2.52. The topological polar surface area (TPSA) is 359 Å². The quantitative estimate of drug-likeness (QED) is 0.0434. The molecule has 11 atom stereocenters. The molecule has 3 heterocycles. The van der Waals surface area contributed by atoms with E-state index in [0.717, 1.165) is 18.2 Å². The number of hydrogen-bond donors (Lipinski definition) is 11. The van der Waals surface area contributed by atoms with Crippen LogP contribution in [0.25, 0.3) is 6.08 Å².